The first kappa shape index (κ1) is 13.5. The standard InChI is InChI=1S/C13H26N2O/c1-4-13(2,3)15-12(16)11-7-5-6-10(8-11)9-14/h10-11H,4-9,14H2,1-3H3,(H,15,16). The molecule has 16 heavy (non-hydrogen) atoms. The van der Waals surface area contributed by atoms with Gasteiger partial charge >= 0.3 is 0 Å². The summed E-state index contributed by atoms with van der Waals surface area (Å²) in [5.74, 6) is 0.965. The fraction of sp³-hybridized carbons (Fsp3) is 0.923. The van der Waals surface area contributed by atoms with E-state index >= 15 is 0 Å². The normalized spacial score (nSPS) is 26.5. The van der Waals surface area contributed by atoms with Gasteiger partial charge in [-0.2, -0.15) is 0 Å². The zero-order chi connectivity index (χ0) is 12.2. The molecule has 94 valence electrons. The third-order valence-corrected chi connectivity index (χ3v) is 3.83. The second-order valence-electron chi connectivity index (χ2n) is 5.69. The molecular weight excluding hydrogens is 200 g/mol. The van der Waals surface area contributed by atoms with Crippen LogP contribution in [0.3, 0.4) is 0 Å². The molecule has 2 unspecified atom stereocenters. The lowest BCUT2D eigenvalue weighted by Crippen LogP contribution is -2.46. The highest BCUT2D eigenvalue weighted by atomic mass is 16.2. The number of carbonyl (C=O) groups is 1. The van der Waals surface area contributed by atoms with E-state index in [0.29, 0.717) is 5.92 Å². The van der Waals surface area contributed by atoms with Gasteiger partial charge in [0.1, 0.15) is 0 Å². The first-order valence-corrected chi connectivity index (χ1v) is 6.50. The van der Waals surface area contributed by atoms with Crippen molar-refractivity contribution in [2.75, 3.05) is 6.54 Å². The molecule has 3 N–H and O–H groups in total. The summed E-state index contributed by atoms with van der Waals surface area (Å²) in [6, 6.07) is 0. The van der Waals surface area contributed by atoms with Gasteiger partial charge in [-0.05, 0) is 52.0 Å². The molecule has 1 saturated carbocycles. The lowest BCUT2D eigenvalue weighted by atomic mass is 9.80. The van der Waals surface area contributed by atoms with Gasteiger partial charge in [-0.3, -0.25) is 4.79 Å². The summed E-state index contributed by atoms with van der Waals surface area (Å²) in [6.07, 6.45) is 5.31. The molecule has 0 bridgehead atoms. The SMILES string of the molecule is CCC(C)(C)NC(=O)C1CCCC(CN)C1. The van der Waals surface area contributed by atoms with Crippen LogP contribution in [-0.2, 0) is 4.79 Å². The van der Waals surface area contributed by atoms with Crippen LogP contribution in [0.2, 0.25) is 0 Å². The molecule has 3 nitrogen and oxygen atoms in total. The van der Waals surface area contributed by atoms with Crippen molar-refractivity contribution in [2.24, 2.45) is 17.6 Å². The van der Waals surface area contributed by atoms with Crippen molar-refractivity contribution in [3.05, 3.63) is 0 Å². The predicted molar refractivity (Wildman–Crippen MR) is 67.0 cm³/mol. The molecule has 1 aliphatic rings. The maximum absolute atomic E-state index is 12.1. The second-order valence-corrected chi connectivity index (χ2v) is 5.69. The zero-order valence-corrected chi connectivity index (χ0v) is 10.9. The molecule has 0 aromatic carbocycles. The van der Waals surface area contributed by atoms with Gasteiger partial charge in [0.05, 0.1) is 0 Å². The van der Waals surface area contributed by atoms with Crippen molar-refractivity contribution in [3.8, 4) is 0 Å². The number of rotatable bonds is 4. The van der Waals surface area contributed by atoms with Gasteiger partial charge < -0.3 is 11.1 Å². The van der Waals surface area contributed by atoms with Gasteiger partial charge in [0.2, 0.25) is 5.91 Å². The Morgan fingerprint density at radius 1 is 1.44 bits per heavy atom. The van der Waals surface area contributed by atoms with Crippen molar-refractivity contribution in [1.82, 2.24) is 5.32 Å². The Bertz CT molecular complexity index is 238. The number of amides is 1. The van der Waals surface area contributed by atoms with Crippen LogP contribution in [0.1, 0.15) is 52.9 Å². The highest BCUT2D eigenvalue weighted by molar-refractivity contribution is 5.79. The molecule has 0 spiro atoms. The fourth-order valence-corrected chi connectivity index (χ4v) is 2.27. The van der Waals surface area contributed by atoms with Crippen LogP contribution in [0.25, 0.3) is 0 Å². The molecule has 1 fully saturated rings. The maximum atomic E-state index is 12.1. The molecule has 1 rings (SSSR count). The van der Waals surface area contributed by atoms with Gasteiger partial charge in [0.15, 0.2) is 0 Å². The summed E-state index contributed by atoms with van der Waals surface area (Å²) in [6.45, 7) is 6.98. The Labute approximate surface area is 99.2 Å². The monoisotopic (exact) mass is 226 g/mol. The quantitative estimate of drug-likeness (QED) is 0.771. The molecule has 1 aliphatic carbocycles. The molecule has 0 saturated heterocycles. The van der Waals surface area contributed by atoms with Crippen LogP contribution in [0, 0.1) is 11.8 Å². The van der Waals surface area contributed by atoms with Gasteiger partial charge in [0.25, 0.3) is 0 Å². The van der Waals surface area contributed by atoms with E-state index in [1.165, 1.54) is 6.42 Å². The van der Waals surface area contributed by atoms with Crippen LogP contribution in [-0.4, -0.2) is 18.0 Å². The molecule has 0 aromatic rings. The Hall–Kier alpha value is -0.570. The molecule has 1 amide bonds. The summed E-state index contributed by atoms with van der Waals surface area (Å²) in [5, 5.41) is 3.14. The van der Waals surface area contributed by atoms with E-state index < -0.39 is 0 Å². The van der Waals surface area contributed by atoms with Crippen molar-refractivity contribution < 1.29 is 4.79 Å². The number of carbonyl (C=O) groups excluding carboxylic acids is 1. The minimum atomic E-state index is -0.0766. The van der Waals surface area contributed by atoms with Gasteiger partial charge in [0, 0.05) is 11.5 Å². The van der Waals surface area contributed by atoms with E-state index in [0.717, 1.165) is 32.2 Å². The molecular formula is C13H26N2O. The number of hydrogen-bond acceptors (Lipinski definition) is 2. The van der Waals surface area contributed by atoms with Crippen LogP contribution >= 0.6 is 0 Å². The Morgan fingerprint density at radius 3 is 2.69 bits per heavy atom. The largest absolute Gasteiger partial charge is 0.351 e. The van der Waals surface area contributed by atoms with Crippen molar-refractivity contribution in [1.29, 1.82) is 0 Å². The van der Waals surface area contributed by atoms with Crippen LogP contribution < -0.4 is 11.1 Å². The fourth-order valence-electron chi connectivity index (χ4n) is 2.27. The maximum Gasteiger partial charge on any atom is 0.223 e. The molecule has 2 atom stereocenters. The number of nitrogens with two attached hydrogens (primary N) is 1. The Morgan fingerprint density at radius 2 is 2.12 bits per heavy atom. The van der Waals surface area contributed by atoms with Crippen molar-refractivity contribution in [2.45, 2.75) is 58.4 Å². The van der Waals surface area contributed by atoms with Crippen LogP contribution in [0.4, 0.5) is 0 Å². The first-order chi connectivity index (χ1) is 7.48. The van der Waals surface area contributed by atoms with E-state index in [-0.39, 0.29) is 17.4 Å². The zero-order valence-electron chi connectivity index (χ0n) is 10.9. The highest BCUT2D eigenvalue weighted by Gasteiger charge is 2.29. The Balaban J connectivity index is 2.47. The number of hydrogen-bond donors (Lipinski definition) is 2. The van der Waals surface area contributed by atoms with Crippen LogP contribution in [0.5, 0.6) is 0 Å². The minimum absolute atomic E-state index is 0.0766. The summed E-state index contributed by atoms with van der Waals surface area (Å²) in [4.78, 5) is 12.1. The summed E-state index contributed by atoms with van der Waals surface area (Å²) >= 11 is 0. The average Bonchev–Trinajstić information content (AvgIpc) is 2.28. The molecule has 0 aromatic heterocycles. The first-order valence-electron chi connectivity index (χ1n) is 6.50. The third kappa shape index (κ3) is 3.78. The summed E-state index contributed by atoms with van der Waals surface area (Å²) < 4.78 is 0. The summed E-state index contributed by atoms with van der Waals surface area (Å²) in [7, 11) is 0. The van der Waals surface area contributed by atoms with E-state index in [9.17, 15) is 4.79 Å². The Kier molecular flexibility index (Phi) is 4.78. The van der Waals surface area contributed by atoms with E-state index in [1.54, 1.807) is 0 Å². The third-order valence-electron chi connectivity index (χ3n) is 3.83. The highest BCUT2D eigenvalue weighted by Crippen LogP contribution is 2.29. The second kappa shape index (κ2) is 5.67. The average molecular weight is 226 g/mol. The van der Waals surface area contributed by atoms with Gasteiger partial charge in [-0.25, -0.2) is 0 Å². The minimum Gasteiger partial charge on any atom is -0.351 e. The van der Waals surface area contributed by atoms with Gasteiger partial charge in [-0.15, -0.1) is 0 Å². The molecule has 0 aliphatic heterocycles. The molecule has 0 radical (unpaired) electrons. The van der Waals surface area contributed by atoms with Gasteiger partial charge in [-0.1, -0.05) is 13.3 Å². The van der Waals surface area contributed by atoms with E-state index in [4.69, 9.17) is 5.73 Å². The number of nitrogens with one attached hydrogen (secondary N) is 1. The van der Waals surface area contributed by atoms with E-state index in [1.807, 2.05) is 0 Å². The van der Waals surface area contributed by atoms with Crippen LogP contribution in [0.15, 0.2) is 0 Å². The topological polar surface area (TPSA) is 55.1 Å². The molecule has 0 heterocycles. The summed E-state index contributed by atoms with van der Waals surface area (Å²) in [5.41, 5.74) is 5.61. The predicted octanol–water partition coefficient (Wildman–Crippen LogP) is 2.06. The molecule has 3 heteroatoms. The van der Waals surface area contributed by atoms with E-state index in [2.05, 4.69) is 26.1 Å². The van der Waals surface area contributed by atoms with Crippen molar-refractivity contribution >= 4 is 5.91 Å². The lowest BCUT2D eigenvalue weighted by molar-refractivity contribution is -0.128. The lowest BCUT2D eigenvalue weighted by Gasteiger charge is -2.31. The smallest absolute Gasteiger partial charge is 0.223 e. The van der Waals surface area contributed by atoms with Crippen molar-refractivity contribution in [3.63, 3.8) is 0 Å².